The molecule has 0 saturated heterocycles. The van der Waals surface area contributed by atoms with E-state index in [1.807, 2.05) is 6.92 Å². The Labute approximate surface area is 194 Å². The van der Waals surface area contributed by atoms with Gasteiger partial charge in [0.1, 0.15) is 23.6 Å². The van der Waals surface area contributed by atoms with Gasteiger partial charge in [-0.15, -0.1) is 0 Å². The number of aromatic nitrogens is 3. The highest BCUT2D eigenvalue weighted by atomic mass is 32.2. The van der Waals surface area contributed by atoms with Crippen LogP contribution in [-0.4, -0.2) is 29.1 Å². The Kier molecular flexibility index (Phi) is 6.64. The summed E-state index contributed by atoms with van der Waals surface area (Å²) in [4.78, 5) is 11.9. The zero-order valence-electron chi connectivity index (χ0n) is 18.0. The lowest BCUT2D eigenvalue weighted by Crippen LogP contribution is -2.18. The molecule has 0 aliphatic carbocycles. The number of halogens is 3. The first kappa shape index (κ1) is 23.4. The molecule has 2 aromatic carbocycles. The summed E-state index contributed by atoms with van der Waals surface area (Å²) in [6, 6.07) is 9.93. The van der Waals surface area contributed by atoms with Crippen LogP contribution in [0.2, 0.25) is 0 Å². The molecule has 4 aromatic rings. The lowest BCUT2D eigenvalue weighted by Gasteiger charge is -2.14. The molecule has 0 saturated carbocycles. The molecule has 176 valence electrons. The minimum atomic E-state index is -3.80. The van der Waals surface area contributed by atoms with Crippen LogP contribution < -0.4 is 10.0 Å². The first-order valence-corrected chi connectivity index (χ1v) is 12.1. The van der Waals surface area contributed by atoms with Gasteiger partial charge in [-0.25, -0.2) is 32.2 Å². The van der Waals surface area contributed by atoms with E-state index in [1.54, 1.807) is 30.3 Å². The van der Waals surface area contributed by atoms with E-state index in [4.69, 9.17) is 0 Å². The zero-order valence-corrected chi connectivity index (χ0v) is 18.8. The van der Waals surface area contributed by atoms with Crippen molar-refractivity contribution in [2.45, 2.75) is 19.8 Å². The summed E-state index contributed by atoms with van der Waals surface area (Å²) in [6.07, 6.45) is 3.58. The zero-order chi connectivity index (χ0) is 24.3. The minimum Gasteiger partial charge on any atom is -0.335 e. The molecular formula is C23H20F3N5O2S. The number of anilines is 3. The van der Waals surface area contributed by atoms with Crippen LogP contribution in [0.1, 0.15) is 19.8 Å². The van der Waals surface area contributed by atoms with E-state index >= 15 is 4.39 Å². The Balaban J connectivity index is 1.74. The van der Waals surface area contributed by atoms with Gasteiger partial charge in [-0.05, 0) is 48.4 Å². The Bertz CT molecular complexity index is 1460. The molecule has 0 radical (unpaired) electrons. The fourth-order valence-corrected chi connectivity index (χ4v) is 4.61. The minimum absolute atomic E-state index is 0.0555. The van der Waals surface area contributed by atoms with E-state index in [0.29, 0.717) is 29.3 Å². The number of sulfonamides is 1. The van der Waals surface area contributed by atoms with Crippen molar-refractivity contribution in [2.75, 3.05) is 15.8 Å². The number of unbranched alkanes of at least 4 members (excludes halogenated alkanes) is 1. The van der Waals surface area contributed by atoms with Gasteiger partial charge in [-0.2, -0.15) is 4.39 Å². The normalized spacial score (nSPS) is 11.5. The maximum atomic E-state index is 15.1. The number of benzene rings is 2. The number of hydrogen-bond acceptors (Lipinski definition) is 6. The predicted octanol–water partition coefficient (Wildman–Crippen LogP) is 5.39. The molecule has 0 fully saturated rings. The molecule has 11 heteroatoms. The second kappa shape index (κ2) is 9.64. The largest absolute Gasteiger partial charge is 0.335 e. The Morgan fingerprint density at radius 1 is 1.00 bits per heavy atom. The van der Waals surface area contributed by atoms with Crippen LogP contribution in [0.5, 0.6) is 0 Å². The molecule has 0 amide bonds. The molecule has 34 heavy (non-hydrogen) atoms. The van der Waals surface area contributed by atoms with Gasteiger partial charge >= 0.3 is 0 Å². The quantitative estimate of drug-likeness (QED) is 0.323. The lowest BCUT2D eigenvalue weighted by atomic mass is 10.0. The third-order valence-corrected chi connectivity index (χ3v) is 6.43. The molecule has 7 nitrogen and oxygen atoms in total. The summed E-state index contributed by atoms with van der Waals surface area (Å²) < 4.78 is 70.4. The Morgan fingerprint density at radius 3 is 2.59 bits per heavy atom. The van der Waals surface area contributed by atoms with Crippen molar-refractivity contribution in [1.29, 1.82) is 0 Å². The second-order valence-electron chi connectivity index (χ2n) is 7.48. The number of nitrogens with one attached hydrogen (secondary N) is 2. The van der Waals surface area contributed by atoms with E-state index in [0.717, 1.165) is 12.1 Å². The topological polar surface area (TPSA) is 96.9 Å². The molecule has 0 aliphatic heterocycles. The van der Waals surface area contributed by atoms with Gasteiger partial charge in [-0.1, -0.05) is 19.4 Å². The number of pyridine rings is 1. The van der Waals surface area contributed by atoms with Gasteiger partial charge in [0, 0.05) is 17.1 Å². The summed E-state index contributed by atoms with van der Waals surface area (Å²) in [5.41, 5.74) is 0.169. The molecule has 4 rings (SSSR count). The van der Waals surface area contributed by atoms with Crippen LogP contribution in [-0.2, 0) is 10.0 Å². The molecule has 2 aromatic heterocycles. The second-order valence-corrected chi connectivity index (χ2v) is 9.32. The lowest BCUT2D eigenvalue weighted by molar-refractivity contribution is 0.587. The average Bonchev–Trinajstić information content (AvgIpc) is 2.82. The maximum absolute atomic E-state index is 15.1. The monoisotopic (exact) mass is 487 g/mol. The SMILES string of the molecule is CCCCS(=O)(=O)Nc1ccc(F)c(Nc2ncnc3ccc(-c4cccnc4F)cc23)c1F. The van der Waals surface area contributed by atoms with Gasteiger partial charge in [0.25, 0.3) is 0 Å². The fourth-order valence-electron chi connectivity index (χ4n) is 3.34. The standard InChI is InChI=1S/C23H20F3N5O2S/c1-2-3-11-34(32,33)31-19-9-7-17(24)21(20(19)25)30-23-16-12-14(6-8-18(16)28-13-29-23)15-5-4-10-27-22(15)26/h4-10,12-13,31H,2-3,11H2,1H3,(H,28,29,30). The van der Waals surface area contributed by atoms with Gasteiger partial charge in [0.2, 0.25) is 16.0 Å². The highest BCUT2D eigenvalue weighted by molar-refractivity contribution is 7.92. The third kappa shape index (κ3) is 4.93. The fraction of sp³-hybridized carbons (Fsp3) is 0.174. The molecule has 2 heterocycles. The van der Waals surface area contributed by atoms with Gasteiger partial charge in [0.05, 0.1) is 17.0 Å². The first-order valence-electron chi connectivity index (χ1n) is 10.4. The molecular weight excluding hydrogens is 467 g/mol. The number of nitrogens with zero attached hydrogens (tertiary/aromatic N) is 3. The van der Waals surface area contributed by atoms with Crippen LogP contribution in [0, 0.1) is 17.6 Å². The van der Waals surface area contributed by atoms with Crippen LogP contribution in [0.4, 0.5) is 30.4 Å². The molecule has 0 atom stereocenters. The summed E-state index contributed by atoms with van der Waals surface area (Å²) in [7, 11) is -3.80. The van der Waals surface area contributed by atoms with Crippen molar-refractivity contribution in [3.8, 4) is 11.1 Å². The van der Waals surface area contributed by atoms with Crippen molar-refractivity contribution in [1.82, 2.24) is 15.0 Å². The van der Waals surface area contributed by atoms with Crippen LogP contribution in [0.15, 0.2) is 55.0 Å². The first-order chi connectivity index (χ1) is 16.3. The van der Waals surface area contributed by atoms with Crippen molar-refractivity contribution in [2.24, 2.45) is 0 Å². The molecule has 0 spiro atoms. The highest BCUT2D eigenvalue weighted by Gasteiger charge is 2.20. The summed E-state index contributed by atoms with van der Waals surface area (Å²) >= 11 is 0. The predicted molar refractivity (Wildman–Crippen MR) is 125 cm³/mol. The Morgan fingerprint density at radius 2 is 1.82 bits per heavy atom. The van der Waals surface area contributed by atoms with Crippen molar-refractivity contribution >= 4 is 38.1 Å². The van der Waals surface area contributed by atoms with E-state index in [1.165, 1.54) is 12.5 Å². The summed E-state index contributed by atoms with van der Waals surface area (Å²) in [5, 5.41) is 2.97. The highest BCUT2D eigenvalue weighted by Crippen LogP contribution is 2.33. The van der Waals surface area contributed by atoms with E-state index in [9.17, 15) is 17.2 Å². The van der Waals surface area contributed by atoms with E-state index in [2.05, 4.69) is 25.0 Å². The average molecular weight is 488 g/mol. The number of hydrogen-bond donors (Lipinski definition) is 2. The van der Waals surface area contributed by atoms with Crippen LogP contribution in [0.3, 0.4) is 0 Å². The maximum Gasteiger partial charge on any atom is 0.232 e. The van der Waals surface area contributed by atoms with E-state index in [-0.39, 0.29) is 17.1 Å². The molecule has 0 aliphatic rings. The van der Waals surface area contributed by atoms with Crippen LogP contribution in [0.25, 0.3) is 22.0 Å². The van der Waals surface area contributed by atoms with Crippen molar-refractivity contribution in [3.05, 3.63) is 72.6 Å². The summed E-state index contributed by atoms with van der Waals surface area (Å²) in [6.45, 7) is 1.83. The van der Waals surface area contributed by atoms with Gasteiger partial charge in [0.15, 0.2) is 5.82 Å². The van der Waals surface area contributed by atoms with Crippen molar-refractivity contribution in [3.63, 3.8) is 0 Å². The van der Waals surface area contributed by atoms with Gasteiger partial charge in [-0.3, -0.25) is 4.72 Å². The number of fused-ring (bicyclic) bond motifs is 1. The summed E-state index contributed by atoms with van der Waals surface area (Å²) in [5.74, 6) is -2.88. The van der Waals surface area contributed by atoms with Crippen LogP contribution >= 0.6 is 0 Å². The van der Waals surface area contributed by atoms with Gasteiger partial charge < -0.3 is 5.32 Å². The molecule has 2 N–H and O–H groups in total. The third-order valence-electron chi connectivity index (χ3n) is 5.07. The van der Waals surface area contributed by atoms with E-state index < -0.39 is 39.0 Å². The smallest absolute Gasteiger partial charge is 0.232 e. The molecule has 0 unspecified atom stereocenters. The molecule has 0 bridgehead atoms. The van der Waals surface area contributed by atoms with Crippen molar-refractivity contribution < 1.29 is 21.6 Å². The Hall–Kier alpha value is -3.73. The number of rotatable bonds is 8.